The number of hydrogen-bond donors (Lipinski definition) is 0. The van der Waals surface area contributed by atoms with Crippen molar-refractivity contribution in [3.05, 3.63) is 30.8 Å². The molecule has 0 radical (unpaired) electrons. The molecule has 0 amide bonds. The van der Waals surface area contributed by atoms with E-state index in [0.717, 1.165) is 81.5 Å². The Hall–Kier alpha value is -1.66. The maximum absolute atomic E-state index is 6.30. The van der Waals surface area contributed by atoms with E-state index >= 15 is 0 Å². The molecule has 0 saturated carbocycles. The highest BCUT2D eigenvalue weighted by atomic mass is 79.9. The first-order valence-electron chi connectivity index (χ1n) is 17.3. The average molecular weight is 823 g/mol. The normalized spacial score (nSPS) is 11.7. The number of aromatic nitrogens is 4. The summed E-state index contributed by atoms with van der Waals surface area (Å²) in [6, 6.07) is 4.63. The molecule has 0 spiro atoms. The third-order valence-electron chi connectivity index (χ3n) is 8.35. The van der Waals surface area contributed by atoms with E-state index in [1.165, 1.54) is 81.8 Å². The van der Waals surface area contributed by atoms with Gasteiger partial charge in [0.15, 0.2) is 0 Å². The fraction of sp³-hybridized carbons (Fsp3) is 0.556. The molecule has 0 aliphatic heterocycles. The SMILES string of the molecule is CCCCCCc1cc(-c2c3nsnc3c(-c3cc(CCCCCC)c(Br)s3)c3nc(OCCCC)c(OCCCC)nc23)sc1Br. The van der Waals surface area contributed by atoms with Crippen molar-refractivity contribution in [3.63, 3.8) is 0 Å². The zero-order valence-corrected chi connectivity index (χ0v) is 33.7. The minimum absolute atomic E-state index is 0.455. The fourth-order valence-electron chi connectivity index (χ4n) is 5.66. The van der Waals surface area contributed by atoms with Crippen molar-refractivity contribution >= 4 is 88.3 Å². The molecule has 254 valence electrons. The Morgan fingerprint density at radius 1 is 0.553 bits per heavy atom. The van der Waals surface area contributed by atoms with Crippen molar-refractivity contribution in [2.75, 3.05) is 13.2 Å². The summed E-state index contributed by atoms with van der Waals surface area (Å²) in [6.45, 7) is 9.97. The van der Waals surface area contributed by atoms with Gasteiger partial charge in [-0.15, -0.1) is 22.7 Å². The van der Waals surface area contributed by atoms with Crippen molar-refractivity contribution in [2.45, 2.75) is 118 Å². The number of ether oxygens (including phenoxy) is 2. The molecule has 0 N–H and O–H groups in total. The Labute approximate surface area is 308 Å². The molecule has 4 heterocycles. The van der Waals surface area contributed by atoms with Gasteiger partial charge in [-0.3, -0.25) is 0 Å². The van der Waals surface area contributed by atoms with Gasteiger partial charge in [0, 0.05) is 20.9 Å². The van der Waals surface area contributed by atoms with Crippen LogP contribution in [0.15, 0.2) is 19.7 Å². The maximum atomic E-state index is 6.30. The van der Waals surface area contributed by atoms with Crippen LogP contribution in [-0.4, -0.2) is 31.9 Å². The van der Waals surface area contributed by atoms with Crippen LogP contribution in [-0.2, 0) is 12.8 Å². The minimum Gasteiger partial charge on any atom is -0.474 e. The van der Waals surface area contributed by atoms with Crippen molar-refractivity contribution in [1.29, 1.82) is 0 Å². The molecule has 0 aliphatic carbocycles. The van der Waals surface area contributed by atoms with Crippen molar-refractivity contribution in [2.24, 2.45) is 0 Å². The number of benzene rings is 1. The van der Waals surface area contributed by atoms with E-state index in [9.17, 15) is 0 Å². The zero-order valence-electron chi connectivity index (χ0n) is 28.1. The van der Waals surface area contributed by atoms with Crippen LogP contribution in [0.2, 0.25) is 0 Å². The smallest absolute Gasteiger partial charge is 0.278 e. The molecule has 11 heteroatoms. The van der Waals surface area contributed by atoms with E-state index in [1.54, 1.807) is 22.7 Å². The van der Waals surface area contributed by atoms with Gasteiger partial charge in [-0.2, -0.15) is 8.75 Å². The highest BCUT2D eigenvalue weighted by Crippen LogP contribution is 2.48. The second kappa shape index (κ2) is 18.4. The summed E-state index contributed by atoms with van der Waals surface area (Å²) in [5.41, 5.74) is 7.91. The van der Waals surface area contributed by atoms with Crippen LogP contribution in [0.3, 0.4) is 0 Å². The second-order valence-electron chi connectivity index (χ2n) is 12.1. The van der Waals surface area contributed by atoms with Crippen molar-refractivity contribution < 1.29 is 9.47 Å². The summed E-state index contributed by atoms with van der Waals surface area (Å²) in [5.74, 6) is 0.910. The third kappa shape index (κ3) is 8.93. The zero-order chi connectivity index (χ0) is 33.2. The van der Waals surface area contributed by atoms with Gasteiger partial charge in [0.25, 0.3) is 11.8 Å². The van der Waals surface area contributed by atoms with Crippen molar-refractivity contribution in [3.8, 4) is 32.6 Å². The predicted octanol–water partition coefficient (Wildman–Crippen LogP) is 13.2. The molecule has 1 aromatic carbocycles. The molecule has 0 aliphatic rings. The van der Waals surface area contributed by atoms with Gasteiger partial charge >= 0.3 is 0 Å². The van der Waals surface area contributed by atoms with E-state index in [2.05, 4.69) is 71.7 Å². The Balaban J connectivity index is 1.71. The summed E-state index contributed by atoms with van der Waals surface area (Å²) in [4.78, 5) is 12.7. The number of halogens is 2. The van der Waals surface area contributed by atoms with Gasteiger partial charge in [0.2, 0.25) is 0 Å². The topological polar surface area (TPSA) is 70.0 Å². The standard InChI is InChI=1S/C36H46Br2N4O2S3/c1-5-9-13-15-17-23-21-25(45-33(23)37)27-29-30(40-36(44-20-12-8-4)35(39-29)43-19-11-7-3)28(32-31(27)41-47-42-32)26-22-24(34(38)46-26)18-16-14-10-6-2/h21-22H,5-20H2,1-4H3. The number of nitrogens with zero attached hydrogens (tertiary/aromatic N) is 4. The molecule has 6 nitrogen and oxygen atoms in total. The van der Waals surface area contributed by atoms with Gasteiger partial charge in [0.05, 0.1) is 32.5 Å². The lowest BCUT2D eigenvalue weighted by Crippen LogP contribution is -2.07. The number of unbranched alkanes of at least 4 members (excludes halogenated alkanes) is 8. The van der Waals surface area contributed by atoms with E-state index in [-0.39, 0.29) is 0 Å². The van der Waals surface area contributed by atoms with Gasteiger partial charge in [0.1, 0.15) is 22.1 Å². The monoisotopic (exact) mass is 820 g/mol. The minimum atomic E-state index is 0.455. The fourth-order valence-corrected chi connectivity index (χ4v) is 9.86. The molecule has 4 aromatic heterocycles. The lowest BCUT2D eigenvalue weighted by atomic mass is 10.0. The first kappa shape index (κ1) is 36.6. The average Bonchev–Trinajstić information content (AvgIpc) is 3.79. The summed E-state index contributed by atoms with van der Waals surface area (Å²) >= 11 is 12.5. The molecular weight excluding hydrogens is 776 g/mol. The van der Waals surface area contributed by atoms with Crippen molar-refractivity contribution in [1.82, 2.24) is 18.7 Å². The summed E-state index contributed by atoms with van der Waals surface area (Å²) < 4.78 is 24.8. The van der Waals surface area contributed by atoms with Crippen LogP contribution in [0.5, 0.6) is 11.8 Å². The first-order valence-corrected chi connectivity index (χ1v) is 21.3. The van der Waals surface area contributed by atoms with Crippen LogP contribution >= 0.6 is 66.3 Å². The van der Waals surface area contributed by atoms with Crippen LogP contribution < -0.4 is 9.47 Å². The number of rotatable bonds is 20. The van der Waals surface area contributed by atoms with E-state index < -0.39 is 0 Å². The molecule has 5 aromatic rings. The molecule has 0 saturated heterocycles. The maximum Gasteiger partial charge on any atom is 0.278 e. The largest absolute Gasteiger partial charge is 0.474 e. The molecule has 0 fully saturated rings. The van der Waals surface area contributed by atoms with Crippen LogP contribution in [0, 0.1) is 0 Å². The van der Waals surface area contributed by atoms with Gasteiger partial charge in [-0.25, -0.2) is 9.97 Å². The Morgan fingerprint density at radius 3 is 1.38 bits per heavy atom. The molecule has 0 bridgehead atoms. The van der Waals surface area contributed by atoms with Gasteiger partial charge in [-0.05, 0) is 93.6 Å². The molecule has 47 heavy (non-hydrogen) atoms. The second-order valence-corrected chi connectivity index (χ2v) is 17.4. The van der Waals surface area contributed by atoms with Crippen LogP contribution in [0.4, 0.5) is 0 Å². The molecular formula is C36H46Br2N4O2S3. The Kier molecular flexibility index (Phi) is 14.3. The first-order chi connectivity index (χ1) is 23.0. The van der Waals surface area contributed by atoms with E-state index in [4.69, 9.17) is 28.2 Å². The number of aryl methyl sites for hydroxylation is 2. The molecule has 5 rings (SSSR count). The summed E-state index contributed by atoms with van der Waals surface area (Å²) in [6.07, 6.45) is 15.9. The number of hydrogen-bond acceptors (Lipinski definition) is 9. The number of thiophene rings is 2. The Bertz CT molecular complexity index is 1630. The lowest BCUT2D eigenvalue weighted by molar-refractivity contribution is 0.247. The van der Waals surface area contributed by atoms with Gasteiger partial charge < -0.3 is 9.47 Å². The van der Waals surface area contributed by atoms with E-state index in [1.807, 2.05) is 0 Å². The Morgan fingerprint density at radius 2 is 0.979 bits per heavy atom. The lowest BCUT2D eigenvalue weighted by Gasteiger charge is -2.15. The van der Waals surface area contributed by atoms with Crippen LogP contribution in [0.1, 0.15) is 116 Å². The third-order valence-corrected chi connectivity index (χ3v) is 12.8. The van der Waals surface area contributed by atoms with E-state index in [0.29, 0.717) is 25.0 Å². The predicted molar refractivity (Wildman–Crippen MR) is 209 cm³/mol. The molecule has 0 unspecified atom stereocenters. The highest BCUT2D eigenvalue weighted by Gasteiger charge is 2.27. The highest BCUT2D eigenvalue weighted by molar-refractivity contribution is 9.11. The van der Waals surface area contributed by atoms with Crippen LogP contribution in [0.25, 0.3) is 42.9 Å². The summed E-state index contributed by atoms with van der Waals surface area (Å²) in [7, 11) is 0. The quantitative estimate of drug-likeness (QED) is 0.0728. The number of fused-ring (bicyclic) bond motifs is 2. The summed E-state index contributed by atoms with van der Waals surface area (Å²) in [5, 5.41) is 0. The molecule has 0 atom stereocenters. The van der Waals surface area contributed by atoms with Gasteiger partial charge in [-0.1, -0.05) is 79.1 Å².